The molecule has 0 saturated heterocycles. The highest BCUT2D eigenvalue weighted by molar-refractivity contribution is 7.97. The zero-order valence-corrected chi connectivity index (χ0v) is 21.6. The van der Waals surface area contributed by atoms with Crippen LogP contribution in [0.5, 0.6) is 0 Å². The number of aliphatic carboxylic acids is 1. The molecule has 0 bridgehead atoms. The van der Waals surface area contributed by atoms with Crippen molar-refractivity contribution in [1.82, 2.24) is 10.0 Å². The molecule has 0 aromatic heterocycles. The van der Waals surface area contributed by atoms with Gasteiger partial charge in [-0.05, 0) is 64.5 Å². The molecule has 0 radical (unpaired) electrons. The lowest BCUT2D eigenvalue weighted by Gasteiger charge is -2.30. The number of nitrogens with one attached hydrogen (secondary N) is 2. The highest BCUT2D eigenvalue weighted by Gasteiger charge is 2.23. The summed E-state index contributed by atoms with van der Waals surface area (Å²) in [5, 5.41) is 23.9. The Morgan fingerprint density at radius 3 is 2.09 bits per heavy atom. The normalized spacial score (nSPS) is 18.6. The van der Waals surface area contributed by atoms with Gasteiger partial charge in [0, 0.05) is 18.2 Å². The van der Waals surface area contributed by atoms with Crippen LogP contribution >= 0.6 is 11.9 Å². The highest BCUT2D eigenvalue weighted by Crippen LogP contribution is 2.27. The predicted octanol–water partition coefficient (Wildman–Crippen LogP) is 5.70. The number of ether oxygens (including phenoxy) is 1. The molecule has 3 N–H and O–H groups in total. The molecule has 2 aliphatic carbocycles. The molecule has 192 valence electrons. The van der Waals surface area contributed by atoms with Crippen molar-refractivity contribution in [3.05, 3.63) is 34.4 Å². The summed E-state index contributed by atoms with van der Waals surface area (Å²) >= 11 is 0.910. The number of benzene rings is 1. The van der Waals surface area contributed by atoms with Gasteiger partial charge in [-0.1, -0.05) is 50.7 Å². The Labute approximate surface area is 207 Å². The molecule has 2 aliphatic rings. The zero-order valence-electron chi connectivity index (χ0n) is 20.8. The fourth-order valence-electron chi connectivity index (χ4n) is 4.19. The molecule has 8 nitrogen and oxygen atoms in total. The first-order valence-electron chi connectivity index (χ1n) is 12.4. The van der Waals surface area contributed by atoms with E-state index in [1.807, 2.05) is 20.8 Å². The Morgan fingerprint density at radius 1 is 1.09 bits per heavy atom. The molecule has 0 heterocycles. The maximum atomic E-state index is 11.2. The van der Waals surface area contributed by atoms with Crippen LogP contribution in [0.2, 0.25) is 0 Å². The average Bonchev–Trinajstić information content (AvgIpc) is 2.80. The standard InChI is InChI=1S/C13H18N2O5S.C12H23N/c1-13(2,3)20-8-9(12(16)17)14-21-11-7-5-4-6-10(11)15(18)19;1-3-7-11(8-4-1)13-12-9-5-2-6-10-12/h4-7,9,14H,8H2,1-3H3,(H,16,17);11-13H,1-10H2/t9-;/m1./s1. The van der Waals surface area contributed by atoms with Gasteiger partial charge in [0.15, 0.2) is 0 Å². The smallest absolute Gasteiger partial charge is 0.323 e. The molecular formula is C25H41N3O5S. The number of carboxylic acid groups (broad SMARTS) is 1. The highest BCUT2D eigenvalue weighted by atomic mass is 32.2. The lowest BCUT2D eigenvalue weighted by Crippen LogP contribution is -2.40. The van der Waals surface area contributed by atoms with Crippen molar-refractivity contribution in [1.29, 1.82) is 0 Å². The Bertz CT molecular complexity index is 743. The van der Waals surface area contributed by atoms with Crippen LogP contribution in [-0.4, -0.2) is 46.3 Å². The Morgan fingerprint density at radius 2 is 1.62 bits per heavy atom. The van der Waals surface area contributed by atoms with Crippen molar-refractivity contribution in [2.24, 2.45) is 0 Å². The molecule has 1 atom stereocenters. The second kappa shape index (κ2) is 14.7. The number of para-hydroxylation sites is 1. The van der Waals surface area contributed by atoms with Crippen LogP contribution in [-0.2, 0) is 9.53 Å². The fraction of sp³-hybridized carbons (Fsp3) is 0.720. The van der Waals surface area contributed by atoms with E-state index < -0.39 is 22.5 Å². The maximum Gasteiger partial charge on any atom is 0.323 e. The van der Waals surface area contributed by atoms with Gasteiger partial charge in [0.2, 0.25) is 0 Å². The topological polar surface area (TPSA) is 114 Å². The third-order valence-electron chi connectivity index (χ3n) is 6.04. The number of carboxylic acids is 1. The van der Waals surface area contributed by atoms with Gasteiger partial charge >= 0.3 is 5.97 Å². The first-order chi connectivity index (χ1) is 16.2. The Balaban J connectivity index is 0.000000266. The number of carbonyl (C=O) groups is 1. The summed E-state index contributed by atoms with van der Waals surface area (Å²) in [5.41, 5.74) is -0.533. The fourth-order valence-corrected chi connectivity index (χ4v) is 5.02. The number of nitro benzene ring substituents is 1. The van der Waals surface area contributed by atoms with Crippen molar-refractivity contribution < 1.29 is 19.6 Å². The van der Waals surface area contributed by atoms with E-state index in [2.05, 4.69) is 10.0 Å². The predicted molar refractivity (Wildman–Crippen MR) is 136 cm³/mol. The molecule has 34 heavy (non-hydrogen) atoms. The first-order valence-corrected chi connectivity index (χ1v) is 13.3. The second-order valence-corrected chi connectivity index (χ2v) is 11.0. The van der Waals surface area contributed by atoms with Crippen molar-refractivity contribution in [3.8, 4) is 0 Å². The summed E-state index contributed by atoms with van der Waals surface area (Å²) in [6, 6.07) is 6.91. The van der Waals surface area contributed by atoms with Gasteiger partial charge in [-0.15, -0.1) is 0 Å². The van der Waals surface area contributed by atoms with Gasteiger partial charge in [0.25, 0.3) is 5.69 Å². The van der Waals surface area contributed by atoms with E-state index in [4.69, 9.17) is 9.84 Å². The van der Waals surface area contributed by atoms with E-state index in [-0.39, 0.29) is 12.3 Å². The van der Waals surface area contributed by atoms with Crippen molar-refractivity contribution >= 4 is 23.6 Å². The van der Waals surface area contributed by atoms with Crippen LogP contribution in [0.3, 0.4) is 0 Å². The van der Waals surface area contributed by atoms with E-state index >= 15 is 0 Å². The minimum absolute atomic E-state index is 0.0353. The Kier molecular flexibility index (Phi) is 12.3. The van der Waals surface area contributed by atoms with E-state index in [0.717, 1.165) is 24.0 Å². The minimum Gasteiger partial charge on any atom is -0.480 e. The largest absolute Gasteiger partial charge is 0.480 e. The number of hydrogen-bond donors (Lipinski definition) is 3. The van der Waals surface area contributed by atoms with E-state index in [9.17, 15) is 14.9 Å². The number of nitrogens with zero attached hydrogens (tertiary/aromatic N) is 1. The van der Waals surface area contributed by atoms with Crippen molar-refractivity contribution in [2.75, 3.05) is 6.61 Å². The number of hydrogen-bond acceptors (Lipinski definition) is 7. The molecular weight excluding hydrogens is 454 g/mol. The van der Waals surface area contributed by atoms with E-state index in [1.54, 1.807) is 18.2 Å². The molecule has 0 unspecified atom stereocenters. The summed E-state index contributed by atoms with van der Waals surface area (Å²) < 4.78 is 8.12. The van der Waals surface area contributed by atoms with Gasteiger partial charge < -0.3 is 15.2 Å². The van der Waals surface area contributed by atoms with Gasteiger partial charge in [-0.25, -0.2) is 4.72 Å². The number of nitro groups is 1. The van der Waals surface area contributed by atoms with Gasteiger partial charge in [0.1, 0.15) is 10.9 Å². The van der Waals surface area contributed by atoms with E-state index in [1.165, 1.54) is 70.3 Å². The minimum atomic E-state index is -1.08. The second-order valence-electron chi connectivity index (χ2n) is 10.1. The van der Waals surface area contributed by atoms with Crippen molar-refractivity contribution in [3.63, 3.8) is 0 Å². The van der Waals surface area contributed by atoms with Crippen LogP contribution in [0.1, 0.15) is 85.0 Å². The SMILES string of the molecule is C1CCC(NC2CCCCC2)CC1.CC(C)(C)OC[C@@H](NSc1ccccc1[N+](=O)[O-])C(=O)O. The summed E-state index contributed by atoms with van der Waals surface area (Å²) in [6.07, 6.45) is 14.6. The van der Waals surface area contributed by atoms with Gasteiger partial charge in [0.05, 0.1) is 17.1 Å². The molecule has 0 spiro atoms. The molecule has 0 aliphatic heterocycles. The van der Waals surface area contributed by atoms with Crippen LogP contribution in [0.15, 0.2) is 29.2 Å². The molecule has 1 aromatic carbocycles. The van der Waals surface area contributed by atoms with Crippen LogP contribution in [0, 0.1) is 10.1 Å². The lowest BCUT2D eigenvalue weighted by molar-refractivity contribution is -0.387. The quantitative estimate of drug-likeness (QED) is 0.227. The lowest BCUT2D eigenvalue weighted by atomic mass is 9.91. The van der Waals surface area contributed by atoms with Gasteiger partial charge in [-0.3, -0.25) is 14.9 Å². The third kappa shape index (κ3) is 11.2. The molecule has 2 fully saturated rings. The number of rotatable bonds is 9. The summed E-state index contributed by atoms with van der Waals surface area (Å²) in [4.78, 5) is 21.9. The molecule has 3 rings (SSSR count). The average molecular weight is 496 g/mol. The summed E-state index contributed by atoms with van der Waals surface area (Å²) in [5.74, 6) is -1.08. The van der Waals surface area contributed by atoms with Crippen molar-refractivity contribution in [2.45, 2.75) is 114 Å². The Hall–Kier alpha value is -1.68. The summed E-state index contributed by atoms with van der Waals surface area (Å²) in [7, 11) is 0. The monoisotopic (exact) mass is 495 g/mol. The molecule has 9 heteroatoms. The summed E-state index contributed by atoms with van der Waals surface area (Å²) in [6.45, 7) is 5.43. The van der Waals surface area contributed by atoms with Crippen LogP contribution < -0.4 is 10.0 Å². The molecule has 1 aromatic rings. The molecule has 0 amide bonds. The third-order valence-corrected chi connectivity index (χ3v) is 7.00. The molecule has 2 saturated carbocycles. The van der Waals surface area contributed by atoms with Crippen LogP contribution in [0.4, 0.5) is 5.69 Å². The van der Waals surface area contributed by atoms with Crippen LogP contribution in [0.25, 0.3) is 0 Å². The maximum absolute atomic E-state index is 11.2. The zero-order chi connectivity index (χ0) is 25.0. The van der Waals surface area contributed by atoms with E-state index in [0.29, 0.717) is 4.90 Å². The first kappa shape index (κ1) is 28.6. The van der Waals surface area contributed by atoms with Gasteiger partial charge in [-0.2, -0.15) is 0 Å².